The summed E-state index contributed by atoms with van der Waals surface area (Å²) in [5, 5.41) is 0.0997. The minimum Gasteiger partial charge on any atom is -0.445 e. The molecule has 0 N–H and O–H groups in total. The molecule has 0 aliphatic rings. The van der Waals surface area contributed by atoms with Crippen LogP contribution in [0.3, 0.4) is 0 Å². The van der Waals surface area contributed by atoms with Gasteiger partial charge in [-0.15, -0.1) is 11.6 Å². The lowest BCUT2D eigenvalue weighted by molar-refractivity contribution is 0.546. The Kier molecular flexibility index (Phi) is 3.82. The van der Waals surface area contributed by atoms with Crippen molar-refractivity contribution in [3.05, 3.63) is 52.5 Å². The molecule has 2 rings (SSSR count). The number of alkyl halides is 1. The summed E-state index contributed by atoms with van der Waals surface area (Å²) in [5.74, 6) is 0.270. The summed E-state index contributed by atoms with van der Waals surface area (Å²) in [6.07, 6.45) is 4.80. The predicted octanol–water partition coefficient (Wildman–Crippen LogP) is 4.38. The standard InChI is InChI=1S/C12H8Cl2FNO/c13-6-9-7-17-12(16-9)4-2-8-1-3-10(14)11(15)5-8/h1-5,7H,6H2/b4-2+. The summed E-state index contributed by atoms with van der Waals surface area (Å²) in [6.45, 7) is 0. The van der Waals surface area contributed by atoms with E-state index in [1.807, 2.05) is 0 Å². The molecule has 0 aliphatic heterocycles. The number of aromatic nitrogens is 1. The third-order valence-electron chi connectivity index (χ3n) is 2.07. The van der Waals surface area contributed by atoms with Crippen LogP contribution in [0.25, 0.3) is 12.2 Å². The maximum Gasteiger partial charge on any atom is 0.218 e. The second-order valence-corrected chi connectivity index (χ2v) is 3.99. The fourth-order valence-corrected chi connectivity index (χ4v) is 1.48. The lowest BCUT2D eigenvalue weighted by Gasteiger charge is -1.95. The van der Waals surface area contributed by atoms with E-state index >= 15 is 0 Å². The second kappa shape index (κ2) is 5.34. The van der Waals surface area contributed by atoms with Gasteiger partial charge >= 0.3 is 0 Å². The fourth-order valence-electron chi connectivity index (χ4n) is 1.24. The van der Waals surface area contributed by atoms with Crippen molar-refractivity contribution in [3.63, 3.8) is 0 Å². The smallest absolute Gasteiger partial charge is 0.218 e. The van der Waals surface area contributed by atoms with Gasteiger partial charge in [0.25, 0.3) is 0 Å². The average molecular weight is 272 g/mol. The topological polar surface area (TPSA) is 26.0 Å². The first-order valence-electron chi connectivity index (χ1n) is 4.82. The quantitative estimate of drug-likeness (QED) is 0.775. The van der Waals surface area contributed by atoms with Crippen molar-refractivity contribution in [2.75, 3.05) is 0 Å². The summed E-state index contributed by atoms with van der Waals surface area (Å²) in [6, 6.07) is 4.54. The van der Waals surface area contributed by atoms with Crippen LogP contribution < -0.4 is 0 Å². The van der Waals surface area contributed by atoms with E-state index in [2.05, 4.69) is 4.98 Å². The Morgan fingerprint density at radius 1 is 1.35 bits per heavy atom. The molecule has 2 aromatic rings. The third kappa shape index (κ3) is 3.08. The SMILES string of the molecule is Fc1cc(/C=C/c2nc(CCl)co2)ccc1Cl. The molecule has 0 unspecified atom stereocenters. The zero-order valence-electron chi connectivity index (χ0n) is 8.66. The molecular weight excluding hydrogens is 264 g/mol. The molecule has 0 fully saturated rings. The van der Waals surface area contributed by atoms with Gasteiger partial charge in [0.15, 0.2) is 0 Å². The molecule has 0 saturated heterocycles. The number of hydrogen-bond acceptors (Lipinski definition) is 2. The molecule has 0 aliphatic carbocycles. The summed E-state index contributed by atoms with van der Waals surface area (Å²) in [4.78, 5) is 4.08. The maximum atomic E-state index is 13.1. The largest absolute Gasteiger partial charge is 0.445 e. The molecule has 2 nitrogen and oxygen atoms in total. The highest BCUT2D eigenvalue weighted by Gasteiger charge is 2.00. The second-order valence-electron chi connectivity index (χ2n) is 3.32. The van der Waals surface area contributed by atoms with Gasteiger partial charge in [-0.3, -0.25) is 0 Å². The van der Waals surface area contributed by atoms with Gasteiger partial charge in [-0.05, 0) is 23.8 Å². The molecular formula is C12H8Cl2FNO. The highest BCUT2D eigenvalue weighted by atomic mass is 35.5. The average Bonchev–Trinajstić information content (AvgIpc) is 2.79. The summed E-state index contributed by atoms with van der Waals surface area (Å²) >= 11 is 11.2. The molecule has 1 aromatic carbocycles. The van der Waals surface area contributed by atoms with Crippen LogP contribution in [0.2, 0.25) is 5.02 Å². The number of halogens is 3. The van der Waals surface area contributed by atoms with Crippen LogP contribution in [-0.2, 0) is 5.88 Å². The zero-order chi connectivity index (χ0) is 12.3. The van der Waals surface area contributed by atoms with Crippen LogP contribution in [-0.4, -0.2) is 4.98 Å². The Morgan fingerprint density at radius 2 is 2.18 bits per heavy atom. The molecule has 0 bridgehead atoms. The number of benzene rings is 1. The first-order chi connectivity index (χ1) is 8.19. The molecule has 1 heterocycles. The fraction of sp³-hybridized carbons (Fsp3) is 0.0833. The van der Waals surface area contributed by atoms with Gasteiger partial charge in [0, 0.05) is 6.08 Å². The first kappa shape index (κ1) is 12.1. The van der Waals surface area contributed by atoms with Gasteiger partial charge in [-0.25, -0.2) is 9.37 Å². The summed E-state index contributed by atoms with van der Waals surface area (Å²) in [7, 11) is 0. The lowest BCUT2D eigenvalue weighted by Crippen LogP contribution is -1.79. The van der Waals surface area contributed by atoms with E-state index in [1.165, 1.54) is 18.4 Å². The monoisotopic (exact) mass is 271 g/mol. The first-order valence-corrected chi connectivity index (χ1v) is 5.74. The van der Waals surface area contributed by atoms with Crippen molar-refractivity contribution in [2.24, 2.45) is 0 Å². The van der Waals surface area contributed by atoms with Crippen molar-refractivity contribution in [2.45, 2.75) is 5.88 Å². The molecule has 5 heteroatoms. The van der Waals surface area contributed by atoms with E-state index in [1.54, 1.807) is 18.2 Å². The van der Waals surface area contributed by atoms with E-state index in [4.69, 9.17) is 27.6 Å². The highest BCUT2D eigenvalue weighted by molar-refractivity contribution is 6.30. The molecule has 1 aromatic heterocycles. The maximum absolute atomic E-state index is 13.1. The van der Waals surface area contributed by atoms with E-state index < -0.39 is 5.82 Å². The zero-order valence-corrected chi connectivity index (χ0v) is 10.2. The van der Waals surface area contributed by atoms with Gasteiger partial charge in [0.1, 0.15) is 12.1 Å². The molecule has 17 heavy (non-hydrogen) atoms. The predicted molar refractivity (Wildman–Crippen MR) is 66.4 cm³/mol. The van der Waals surface area contributed by atoms with E-state index in [0.29, 0.717) is 23.0 Å². The Morgan fingerprint density at radius 3 is 2.82 bits per heavy atom. The van der Waals surface area contributed by atoms with Crippen molar-refractivity contribution < 1.29 is 8.81 Å². The third-order valence-corrected chi connectivity index (χ3v) is 2.65. The molecule has 0 atom stereocenters. The Hall–Kier alpha value is -1.32. The van der Waals surface area contributed by atoms with Crippen LogP contribution in [0.15, 0.2) is 28.9 Å². The van der Waals surface area contributed by atoms with Crippen LogP contribution in [0, 0.1) is 5.82 Å². The van der Waals surface area contributed by atoms with Crippen molar-refractivity contribution in [1.82, 2.24) is 4.98 Å². The van der Waals surface area contributed by atoms with Crippen molar-refractivity contribution >= 4 is 35.4 Å². The minimum atomic E-state index is -0.456. The van der Waals surface area contributed by atoms with Gasteiger partial charge in [-0.1, -0.05) is 17.7 Å². The molecule has 0 saturated carbocycles. The van der Waals surface area contributed by atoms with Crippen LogP contribution >= 0.6 is 23.2 Å². The highest BCUT2D eigenvalue weighted by Crippen LogP contribution is 2.17. The summed E-state index contributed by atoms with van der Waals surface area (Å²) < 4.78 is 18.3. The Labute approximate surface area is 108 Å². The van der Waals surface area contributed by atoms with E-state index in [9.17, 15) is 4.39 Å². The van der Waals surface area contributed by atoms with Crippen LogP contribution in [0.5, 0.6) is 0 Å². The van der Waals surface area contributed by atoms with Crippen molar-refractivity contribution in [3.8, 4) is 0 Å². The Bertz CT molecular complexity index is 551. The molecule has 0 amide bonds. The molecule has 0 radical (unpaired) electrons. The normalized spacial score (nSPS) is 11.2. The van der Waals surface area contributed by atoms with E-state index in [0.717, 1.165) is 0 Å². The lowest BCUT2D eigenvalue weighted by atomic mass is 10.2. The summed E-state index contributed by atoms with van der Waals surface area (Å²) in [5.41, 5.74) is 1.34. The van der Waals surface area contributed by atoms with E-state index in [-0.39, 0.29) is 5.02 Å². The molecule has 0 spiro atoms. The van der Waals surface area contributed by atoms with Gasteiger partial charge in [0.05, 0.1) is 16.6 Å². The molecule has 88 valence electrons. The van der Waals surface area contributed by atoms with Gasteiger partial charge < -0.3 is 4.42 Å². The van der Waals surface area contributed by atoms with Crippen LogP contribution in [0.4, 0.5) is 4.39 Å². The van der Waals surface area contributed by atoms with Gasteiger partial charge in [0.2, 0.25) is 5.89 Å². The number of oxazole rings is 1. The van der Waals surface area contributed by atoms with Crippen LogP contribution in [0.1, 0.15) is 17.1 Å². The number of hydrogen-bond donors (Lipinski definition) is 0. The number of rotatable bonds is 3. The van der Waals surface area contributed by atoms with Crippen molar-refractivity contribution in [1.29, 1.82) is 0 Å². The van der Waals surface area contributed by atoms with Gasteiger partial charge in [-0.2, -0.15) is 0 Å². The Balaban J connectivity index is 2.16. The number of nitrogens with zero attached hydrogens (tertiary/aromatic N) is 1. The minimum absolute atomic E-state index is 0.0997.